The van der Waals surface area contributed by atoms with Crippen LogP contribution in [0.5, 0.6) is 0 Å². The Morgan fingerprint density at radius 2 is 2.05 bits per heavy atom. The molecule has 104 valence electrons. The van der Waals surface area contributed by atoms with Crippen LogP contribution in [-0.4, -0.2) is 31.2 Å². The monoisotopic (exact) mass is 334 g/mol. The Balaban J connectivity index is 1.95. The molecular weight excluding hydrogens is 322 g/mol. The van der Waals surface area contributed by atoms with E-state index < -0.39 is 23.2 Å². The van der Waals surface area contributed by atoms with Gasteiger partial charge in [0.2, 0.25) is 0 Å². The molecule has 1 aliphatic rings. The van der Waals surface area contributed by atoms with Gasteiger partial charge in [-0.15, -0.1) is 0 Å². The zero-order valence-corrected chi connectivity index (χ0v) is 11.8. The van der Waals surface area contributed by atoms with Crippen LogP contribution in [0.4, 0.5) is 14.5 Å². The molecule has 0 aromatic heterocycles. The lowest BCUT2D eigenvalue weighted by Crippen LogP contribution is -2.59. The summed E-state index contributed by atoms with van der Waals surface area (Å²) in [5.41, 5.74) is -0.845. The molecule has 0 unspecified atom stereocenters. The lowest BCUT2D eigenvalue weighted by Gasteiger charge is -2.38. The molecule has 7 heteroatoms. The quantitative estimate of drug-likeness (QED) is 0.886. The molecule has 1 amide bonds. The topological polar surface area (TPSA) is 50.4 Å². The van der Waals surface area contributed by atoms with Crippen molar-refractivity contribution in [2.75, 3.05) is 25.0 Å². The van der Waals surface area contributed by atoms with Crippen LogP contribution in [-0.2, 0) is 9.53 Å². The van der Waals surface area contributed by atoms with E-state index in [-0.39, 0.29) is 16.7 Å². The molecular formula is C12H13BrF2N2O2. The standard InChI is InChI=1S/C12H13BrF2N2O2/c1-12(5-16-6-12)19-4-10(18)17-11-8(14)2-7(13)3-9(11)15/h2-3,16H,4-6H2,1H3,(H,17,18). The van der Waals surface area contributed by atoms with E-state index in [2.05, 4.69) is 26.6 Å². The minimum Gasteiger partial charge on any atom is -0.363 e. The summed E-state index contributed by atoms with van der Waals surface area (Å²) in [5, 5.41) is 5.19. The van der Waals surface area contributed by atoms with E-state index in [1.165, 1.54) is 0 Å². The van der Waals surface area contributed by atoms with Crippen molar-refractivity contribution in [3.63, 3.8) is 0 Å². The van der Waals surface area contributed by atoms with E-state index in [0.29, 0.717) is 13.1 Å². The van der Waals surface area contributed by atoms with Gasteiger partial charge in [0.1, 0.15) is 12.3 Å². The molecule has 1 heterocycles. The van der Waals surface area contributed by atoms with Crippen molar-refractivity contribution in [2.45, 2.75) is 12.5 Å². The average molecular weight is 335 g/mol. The molecule has 1 aromatic carbocycles. The Morgan fingerprint density at radius 3 is 2.53 bits per heavy atom. The highest BCUT2D eigenvalue weighted by molar-refractivity contribution is 9.10. The lowest BCUT2D eigenvalue weighted by atomic mass is 10.0. The number of anilines is 1. The van der Waals surface area contributed by atoms with Gasteiger partial charge in [-0.2, -0.15) is 0 Å². The molecule has 0 radical (unpaired) electrons. The molecule has 1 saturated heterocycles. The van der Waals surface area contributed by atoms with Gasteiger partial charge < -0.3 is 15.4 Å². The number of ether oxygens (including phenoxy) is 1. The Morgan fingerprint density at radius 1 is 1.47 bits per heavy atom. The van der Waals surface area contributed by atoms with Gasteiger partial charge in [0.05, 0.1) is 5.60 Å². The van der Waals surface area contributed by atoms with Gasteiger partial charge in [-0.3, -0.25) is 4.79 Å². The van der Waals surface area contributed by atoms with Crippen LogP contribution in [0.2, 0.25) is 0 Å². The first kappa shape index (κ1) is 14.4. The summed E-state index contributed by atoms with van der Waals surface area (Å²) in [7, 11) is 0. The maximum Gasteiger partial charge on any atom is 0.250 e. The van der Waals surface area contributed by atoms with Crippen LogP contribution >= 0.6 is 15.9 Å². The predicted molar refractivity (Wildman–Crippen MR) is 69.9 cm³/mol. The average Bonchev–Trinajstić information content (AvgIpc) is 2.28. The SMILES string of the molecule is CC1(OCC(=O)Nc2c(F)cc(Br)cc2F)CNC1. The van der Waals surface area contributed by atoms with Crippen molar-refractivity contribution in [1.82, 2.24) is 5.32 Å². The van der Waals surface area contributed by atoms with Gasteiger partial charge >= 0.3 is 0 Å². The summed E-state index contributed by atoms with van der Waals surface area (Å²) in [6.07, 6.45) is 0. The van der Waals surface area contributed by atoms with Crippen LogP contribution in [0.1, 0.15) is 6.92 Å². The van der Waals surface area contributed by atoms with Crippen LogP contribution < -0.4 is 10.6 Å². The fourth-order valence-corrected chi connectivity index (χ4v) is 2.06. The van der Waals surface area contributed by atoms with Crippen LogP contribution in [0.15, 0.2) is 16.6 Å². The van der Waals surface area contributed by atoms with Crippen molar-refractivity contribution in [1.29, 1.82) is 0 Å². The second-order valence-electron chi connectivity index (χ2n) is 4.63. The summed E-state index contributed by atoms with van der Waals surface area (Å²) in [6.45, 7) is 2.92. The molecule has 19 heavy (non-hydrogen) atoms. The third kappa shape index (κ3) is 3.49. The largest absolute Gasteiger partial charge is 0.363 e. The maximum absolute atomic E-state index is 13.5. The highest BCUT2D eigenvalue weighted by Crippen LogP contribution is 2.24. The highest BCUT2D eigenvalue weighted by atomic mass is 79.9. The van der Waals surface area contributed by atoms with Crippen molar-refractivity contribution in [2.24, 2.45) is 0 Å². The number of halogens is 3. The third-order valence-electron chi connectivity index (χ3n) is 2.82. The smallest absolute Gasteiger partial charge is 0.250 e. The lowest BCUT2D eigenvalue weighted by molar-refractivity contribution is -0.130. The first-order valence-corrected chi connectivity index (χ1v) is 6.48. The highest BCUT2D eigenvalue weighted by Gasteiger charge is 2.33. The minimum absolute atomic E-state index is 0.243. The normalized spacial score (nSPS) is 16.8. The van der Waals surface area contributed by atoms with E-state index in [1.54, 1.807) is 0 Å². The summed E-state index contributed by atoms with van der Waals surface area (Å²) >= 11 is 2.96. The summed E-state index contributed by atoms with van der Waals surface area (Å²) < 4.78 is 32.6. The molecule has 0 bridgehead atoms. The van der Waals surface area contributed by atoms with Crippen molar-refractivity contribution in [3.8, 4) is 0 Å². The van der Waals surface area contributed by atoms with E-state index in [9.17, 15) is 13.6 Å². The number of hydrogen-bond donors (Lipinski definition) is 2. The fraction of sp³-hybridized carbons (Fsp3) is 0.417. The molecule has 2 rings (SSSR count). The van der Waals surface area contributed by atoms with Crippen LogP contribution in [0.3, 0.4) is 0 Å². The minimum atomic E-state index is -0.836. The molecule has 0 aliphatic carbocycles. The summed E-state index contributed by atoms with van der Waals surface area (Å²) in [5.74, 6) is -2.26. The van der Waals surface area contributed by atoms with E-state index in [0.717, 1.165) is 12.1 Å². The van der Waals surface area contributed by atoms with Crippen molar-refractivity contribution >= 4 is 27.5 Å². The predicted octanol–water partition coefficient (Wildman–Crippen LogP) is 2.04. The van der Waals surface area contributed by atoms with Gasteiger partial charge in [-0.05, 0) is 19.1 Å². The first-order valence-electron chi connectivity index (χ1n) is 5.69. The fourth-order valence-electron chi connectivity index (χ4n) is 1.66. The zero-order valence-electron chi connectivity index (χ0n) is 10.2. The molecule has 4 nitrogen and oxygen atoms in total. The molecule has 0 atom stereocenters. The Kier molecular flexibility index (Phi) is 4.17. The van der Waals surface area contributed by atoms with Gasteiger partial charge in [-0.1, -0.05) is 15.9 Å². The number of carbonyl (C=O) groups is 1. The van der Waals surface area contributed by atoms with Crippen LogP contribution in [0.25, 0.3) is 0 Å². The Labute approximate surface area is 117 Å². The third-order valence-corrected chi connectivity index (χ3v) is 3.28. The Hall–Kier alpha value is -1.05. The van der Waals surface area contributed by atoms with Crippen molar-refractivity contribution < 1.29 is 18.3 Å². The number of hydrogen-bond acceptors (Lipinski definition) is 3. The number of rotatable bonds is 4. The Bertz CT molecular complexity index is 483. The van der Waals surface area contributed by atoms with Gasteiger partial charge in [-0.25, -0.2) is 8.78 Å². The van der Waals surface area contributed by atoms with Gasteiger partial charge in [0.25, 0.3) is 5.91 Å². The summed E-state index contributed by atoms with van der Waals surface area (Å²) in [4.78, 5) is 11.6. The number of carbonyl (C=O) groups excluding carboxylic acids is 1. The van der Waals surface area contributed by atoms with E-state index in [4.69, 9.17) is 4.74 Å². The maximum atomic E-state index is 13.5. The second-order valence-corrected chi connectivity index (χ2v) is 5.55. The zero-order chi connectivity index (χ0) is 14.0. The van der Waals surface area contributed by atoms with Gasteiger partial charge in [0, 0.05) is 17.6 Å². The van der Waals surface area contributed by atoms with Crippen molar-refractivity contribution in [3.05, 3.63) is 28.2 Å². The number of benzene rings is 1. The van der Waals surface area contributed by atoms with E-state index >= 15 is 0 Å². The van der Waals surface area contributed by atoms with Gasteiger partial charge in [0.15, 0.2) is 11.6 Å². The van der Waals surface area contributed by atoms with E-state index in [1.807, 2.05) is 6.92 Å². The molecule has 0 spiro atoms. The molecule has 1 aromatic rings. The number of amides is 1. The molecule has 1 aliphatic heterocycles. The first-order chi connectivity index (χ1) is 8.89. The molecule has 0 saturated carbocycles. The second kappa shape index (κ2) is 5.52. The molecule has 1 fully saturated rings. The van der Waals surface area contributed by atoms with Crippen LogP contribution in [0, 0.1) is 11.6 Å². The summed E-state index contributed by atoms with van der Waals surface area (Å²) in [6, 6.07) is 2.16. The number of nitrogens with one attached hydrogen (secondary N) is 2. The molecule has 2 N–H and O–H groups in total.